The summed E-state index contributed by atoms with van der Waals surface area (Å²) in [7, 11) is 0. The second-order valence-electron chi connectivity index (χ2n) is 7.20. The first-order chi connectivity index (χ1) is 13.2. The molecular weight excluding hydrogens is 336 g/mol. The van der Waals surface area contributed by atoms with Crippen LogP contribution in [-0.2, 0) is 9.59 Å². The summed E-state index contributed by atoms with van der Waals surface area (Å²) >= 11 is 0. The normalized spacial score (nSPS) is 14.3. The Morgan fingerprint density at radius 2 is 1.33 bits per heavy atom. The van der Waals surface area contributed by atoms with Crippen LogP contribution in [0, 0.1) is 5.92 Å². The zero-order valence-corrected chi connectivity index (χ0v) is 15.7. The molecule has 0 atom stereocenters. The van der Waals surface area contributed by atoms with Gasteiger partial charge in [-0.1, -0.05) is 73.5 Å². The van der Waals surface area contributed by atoms with Crippen molar-refractivity contribution in [2.75, 3.05) is 13.1 Å². The first-order valence-electron chi connectivity index (χ1n) is 9.88. The molecule has 4 heteroatoms. The molecule has 2 aromatic carbocycles. The number of nitrogens with one attached hydrogen (secondary N) is 2. The summed E-state index contributed by atoms with van der Waals surface area (Å²) in [6.07, 6.45) is 4.68. The van der Waals surface area contributed by atoms with E-state index in [4.69, 9.17) is 0 Å². The Labute approximate surface area is 161 Å². The van der Waals surface area contributed by atoms with Crippen LogP contribution in [-0.4, -0.2) is 24.9 Å². The fourth-order valence-corrected chi connectivity index (χ4v) is 3.78. The largest absolute Gasteiger partial charge is 0.354 e. The number of hydrogen-bond acceptors (Lipinski definition) is 2. The molecule has 0 saturated heterocycles. The molecule has 2 N–H and O–H groups in total. The van der Waals surface area contributed by atoms with Crippen molar-refractivity contribution >= 4 is 11.8 Å². The maximum atomic E-state index is 12.5. The van der Waals surface area contributed by atoms with Crippen molar-refractivity contribution in [2.45, 2.75) is 38.0 Å². The van der Waals surface area contributed by atoms with Crippen LogP contribution in [0.4, 0.5) is 0 Å². The first-order valence-corrected chi connectivity index (χ1v) is 9.88. The van der Waals surface area contributed by atoms with Gasteiger partial charge in [0.1, 0.15) is 0 Å². The average molecular weight is 364 g/mol. The molecule has 0 unspecified atom stereocenters. The van der Waals surface area contributed by atoms with Crippen LogP contribution in [0.1, 0.15) is 49.1 Å². The lowest BCUT2D eigenvalue weighted by molar-refractivity contribution is -0.125. The van der Waals surface area contributed by atoms with E-state index in [1.807, 2.05) is 36.4 Å². The second kappa shape index (κ2) is 9.91. The van der Waals surface area contributed by atoms with Gasteiger partial charge in [-0.3, -0.25) is 9.59 Å². The smallest absolute Gasteiger partial charge is 0.223 e. The van der Waals surface area contributed by atoms with Crippen molar-refractivity contribution in [3.63, 3.8) is 0 Å². The van der Waals surface area contributed by atoms with Gasteiger partial charge in [0.15, 0.2) is 0 Å². The van der Waals surface area contributed by atoms with Crippen molar-refractivity contribution in [3.05, 3.63) is 71.8 Å². The highest BCUT2D eigenvalue weighted by atomic mass is 16.2. The molecule has 1 fully saturated rings. The lowest BCUT2D eigenvalue weighted by atomic mass is 9.88. The summed E-state index contributed by atoms with van der Waals surface area (Å²) in [5, 5.41) is 5.89. The van der Waals surface area contributed by atoms with Gasteiger partial charge in [0, 0.05) is 31.3 Å². The molecule has 0 heterocycles. The van der Waals surface area contributed by atoms with Gasteiger partial charge in [-0.05, 0) is 24.0 Å². The number of carbonyl (C=O) groups is 2. The zero-order chi connectivity index (χ0) is 18.9. The van der Waals surface area contributed by atoms with Gasteiger partial charge in [-0.15, -0.1) is 0 Å². The number of amides is 2. The number of carbonyl (C=O) groups excluding carboxylic acids is 2. The first kappa shape index (κ1) is 19.2. The predicted octanol–water partition coefficient (Wildman–Crippen LogP) is 3.63. The summed E-state index contributed by atoms with van der Waals surface area (Å²) in [4.78, 5) is 24.5. The van der Waals surface area contributed by atoms with Gasteiger partial charge in [-0.25, -0.2) is 0 Å². The molecule has 1 aliphatic carbocycles. The van der Waals surface area contributed by atoms with Crippen LogP contribution in [0.15, 0.2) is 60.7 Å². The van der Waals surface area contributed by atoms with E-state index in [9.17, 15) is 9.59 Å². The van der Waals surface area contributed by atoms with Crippen molar-refractivity contribution in [1.82, 2.24) is 10.6 Å². The van der Waals surface area contributed by atoms with Crippen molar-refractivity contribution in [1.29, 1.82) is 0 Å². The minimum atomic E-state index is 0.00261. The van der Waals surface area contributed by atoms with Gasteiger partial charge >= 0.3 is 0 Å². The van der Waals surface area contributed by atoms with E-state index in [2.05, 4.69) is 34.9 Å². The lowest BCUT2D eigenvalue weighted by Crippen LogP contribution is -2.37. The second-order valence-corrected chi connectivity index (χ2v) is 7.20. The monoisotopic (exact) mass is 364 g/mol. The summed E-state index contributed by atoms with van der Waals surface area (Å²) < 4.78 is 0. The summed E-state index contributed by atoms with van der Waals surface area (Å²) in [5.41, 5.74) is 2.27. The van der Waals surface area contributed by atoms with E-state index in [1.165, 1.54) is 0 Å². The molecule has 4 nitrogen and oxygen atoms in total. The van der Waals surface area contributed by atoms with E-state index in [1.54, 1.807) is 0 Å². The molecule has 2 aromatic rings. The summed E-state index contributed by atoms with van der Waals surface area (Å²) in [6, 6.07) is 20.2. The summed E-state index contributed by atoms with van der Waals surface area (Å²) in [5.74, 6) is 0.331. The SMILES string of the molecule is O=C(CC(c1ccccc1)c1ccccc1)NCCNC(=O)C1CCCC1. The van der Waals surface area contributed by atoms with Gasteiger partial charge in [0.25, 0.3) is 0 Å². The van der Waals surface area contributed by atoms with Gasteiger partial charge in [-0.2, -0.15) is 0 Å². The fraction of sp³-hybridized carbons (Fsp3) is 0.391. The van der Waals surface area contributed by atoms with Crippen LogP contribution < -0.4 is 10.6 Å². The number of benzene rings is 2. The molecule has 142 valence electrons. The number of rotatable bonds is 8. The Balaban J connectivity index is 1.50. The quantitative estimate of drug-likeness (QED) is 0.703. The molecule has 1 aliphatic rings. The third kappa shape index (κ3) is 5.68. The molecule has 2 amide bonds. The van der Waals surface area contributed by atoms with E-state index < -0.39 is 0 Å². The van der Waals surface area contributed by atoms with Crippen molar-refractivity contribution in [3.8, 4) is 0 Å². The fourth-order valence-electron chi connectivity index (χ4n) is 3.78. The maximum Gasteiger partial charge on any atom is 0.223 e. The zero-order valence-electron chi connectivity index (χ0n) is 15.7. The van der Waals surface area contributed by atoms with Crippen LogP contribution in [0.2, 0.25) is 0 Å². The lowest BCUT2D eigenvalue weighted by Gasteiger charge is -2.18. The Bertz CT molecular complexity index is 685. The highest BCUT2D eigenvalue weighted by Gasteiger charge is 2.22. The molecule has 1 saturated carbocycles. The van der Waals surface area contributed by atoms with Crippen LogP contribution >= 0.6 is 0 Å². The topological polar surface area (TPSA) is 58.2 Å². The third-order valence-electron chi connectivity index (χ3n) is 5.27. The molecule has 0 aliphatic heterocycles. The minimum Gasteiger partial charge on any atom is -0.354 e. The molecule has 0 aromatic heterocycles. The van der Waals surface area contributed by atoms with Crippen molar-refractivity contribution < 1.29 is 9.59 Å². The number of hydrogen-bond donors (Lipinski definition) is 2. The average Bonchev–Trinajstić information content (AvgIpc) is 3.25. The molecule has 0 radical (unpaired) electrons. The molecular formula is C23H28N2O2. The van der Waals surface area contributed by atoms with E-state index >= 15 is 0 Å². The highest BCUT2D eigenvalue weighted by molar-refractivity contribution is 5.79. The molecule has 0 spiro atoms. The van der Waals surface area contributed by atoms with Crippen LogP contribution in [0.5, 0.6) is 0 Å². The van der Waals surface area contributed by atoms with Gasteiger partial charge < -0.3 is 10.6 Å². The van der Waals surface area contributed by atoms with Crippen LogP contribution in [0.25, 0.3) is 0 Å². The minimum absolute atomic E-state index is 0.00261. The third-order valence-corrected chi connectivity index (χ3v) is 5.27. The predicted molar refractivity (Wildman–Crippen MR) is 107 cm³/mol. The van der Waals surface area contributed by atoms with Crippen LogP contribution in [0.3, 0.4) is 0 Å². The Morgan fingerprint density at radius 3 is 1.89 bits per heavy atom. The van der Waals surface area contributed by atoms with Gasteiger partial charge in [0.2, 0.25) is 11.8 Å². The van der Waals surface area contributed by atoms with E-state index in [0.717, 1.165) is 36.8 Å². The maximum absolute atomic E-state index is 12.5. The molecule has 0 bridgehead atoms. The standard InChI is InChI=1S/C23H28N2O2/c26-22(24-15-16-25-23(27)20-13-7-8-14-20)17-21(18-9-3-1-4-10-18)19-11-5-2-6-12-19/h1-6,9-12,20-21H,7-8,13-17H2,(H,24,26)(H,25,27). The van der Waals surface area contributed by atoms with Gasteiger partial charge in [0.05, 0.1) is 0 Å². The van der Waals surface area contributed by atoms with E-state index in [-0.39, 0.29) is 23.7 Å². The highest BCUT2D eigenvalue weighted by Crippen LogP contribution is 2.27. The molecule has 3 rings (SSSR count). The Hall–Kier alpha value is -2.62. The Morgan fingerprint density at radius 1 is 0.815 bits per heavy atom. The summed E-state index contributed by atoms with van der Waals surface area (Å²) in [6.45, 7) is 0.954. The molecule has 27 heavy (non-hydrogen) atoms. The Kier molecular flexibility index (Phi) is 7.03. The van der Waals surface area contributed by atoms with Crippen molar-refractivity contribution in [2.24, 2.45) is 5.92 Å². The van der Waals surface area contributed by atoms with E-state index in [0.29, 0.717) is 19.5 Å².